The molecule has 25 heavy (non-hydrogen) atoms. The van der Waals surface area contributed by atoms with E-state index in [0.29, 0.717) is 5.56 Å². The van der Waals surface area contributed by atoms with Gasteiger partial charge in [-0.25, -0.2) is 9.78 Å². The van der Waals surface area contributed by atoms with E-state index in [9.17, 15) is 14.9 Å². The maximum atomic E-state index is 12.8. The largest absolute Gasteiger partial charge is 0.383 e. The van der Waals surface area contributed by atoms with Crippen LogP contribution >= 0.6 is 23.2 Å². The lowest BCUT2D eigenvalue weighted by atomic mass is 9.97. The molecule has 2 N–H and O–H groups in total. The Morgan fingerprint density at radius 1 is 1.20 bits per heavy atom. The van der Waals surface area contributed by atoms with Gasteiger partial charge in [0.2, 0.25) is 0 Å². The summed E-state index contributed by atoms with van der Waals surface area (Å²) in [7, 11) is 2.81. The Morgan fingerprint density at radius 2 is 1.88 bits per heavy atom. The van der Waals surface area contributed by atoms with Crippen molar-refractivity contribution in [3.8, 4) is 17.2 Å². The maximum absolute atomic E-state index is 12.8. The minimum Gasteiger partial charge on any atom is -0.383 e. The van der Waals surface area contributed by atoms with Gasteiger partial charge in [-0.2, -0.15) is 5.26 Å². The molecule has 3 rings (SSSR count). The van der Waals surface area contributed by atoms with E-state index < -0.39 is 11.2 Å². The lowest BCUT2D eigenvalue weighted by Crippen LogP contribution is -2.37. The van der Waals surface area contributed by atoms with Crippen molar-refractivity contribution >= 4 is 40.1 Å². The Hall–Kier alpha value is -2.82. The highest BCUT2D eigenvalue weighted by Crippen LogP contribution is 2.38. The van der Waals surface area contributed by atoms with E-state index in [-0.39, 0.29) is 38.0 Å². The molecule has 3 aromatic rings. The molecule has 0 fully saturated rings. The van der Waals surface area contributed by atoms with Gasteiger partial charge in [-0.1, -0.05) is 35.3 Å². The number of hydrogen-bond acceptors (Lipinski definition) is 5. The molecular formula is C16H11Cl2N5O2. The predicted octanol–water partition coefficient (Wildman–Crippen LogP) is 2.06. The van der Waals surface area contributed by atoms with Crippen molar-refractivity contribution in [1.29, 1.82) is 5.26 Å². The number of nitrogens with two attached hydrogens (primary N) is 1. The van der Waals surface area contributed by atoms with E-state index >= 15 is 0 Å². The van der Waals surface area contributed by atoms with Gasteiger partial charge in [0.15, 0.2) is 5.65 Å². The summed E-state index contributed by atoms with van der Waals surface area (Å²) in [6.07, 6.45) is 0. The Bertz CT molecular complexity index is 1200. The Labute approximate surface area is 151 Å². The van der Waals surface area contributed by atoms with Crippen LogP contribution in [0.15, 0.2) is 27.8 Å². The third kappa shape index (κ3) is 2.38. The lowest BCUT2D eigenvalue weighted by molar-refractivity contribution is 0.708. The first-order chi connectivity index (χ1) is 11.8. The molecule has 0 aliphatic rings. The molecule has 126 valence electrons. The molecule has 0 aliphatic heterocycles. The first-order valence-corrected chi connectivity index (χ1v) is 7.78. The zero-order valence-corrected chi connectivity index (χ0v) is 14.7. The minimum atomic E-state index is -0.604. The molecule has 1 aromatic carbocycles. The fraction of sp³-hybridized carbons (Fsp3) is 0.125. The van der Waals surface area contributed by atoms with Gasteiger partial charge in [0.1, 0.15) is 17.5 Å². The molecule has 0 spiro atoms. The molecule has 0 unspecified atom stereocenters. The highest BCUT2D eigenvalue weighted by molar-refractivity contribution is 6.44. The van der Waals surface area contributed by atoms with Crippen molar-refractivity contribution in [2.45, 2.75) is 0 Å². The summed E-state index contributed by atoms with van der Waals surface area (Å²) in [6, 6.07) is 6.80. The van der Waals surface area contributed by atoms with Crippen LogP contribution in [0, 0.1) is 11.3 Å². The number of nitriles is 1. The van der Waals surface area contributed by atoms with Crippen molar-refractivity contribution in [2.75, 3.05) is 5.73 Å². The number of anilines is 1. The molecule has 0 atom stereocenters. The number of hydrogen-bond donors (Lipinski definition) is 1. The lowest BCUT2D eigenvalue weighted by Gasteiger charge is -2.15. The van der Waals surface area contributed by atoms with Crippen LogP contribution in [-0.2, 0) is 14.1 Å². The quantitative estimate of drug-likeness (QED) is 0.700. The normalized spacial score (nSPS) is 10.8. The molecule has 9 heteroatoms. The summed E-state index contributed by atoms with van der Waals surface area (Å²) in [6.45, 7) is 0. The second-order valence-corrected chi connectivity index (χ2v) is 6.15. The van der Waals surface area contributed by atoms with E-state index in [1.807, 2.05) is 6.07 Å². The van der Waals surface area contributed by atoms with Crippen LogP contribution in [0.5, 0.6) is 0 Å². The van der Waals surface area contributed by atoms with Crippen molar-refractivity contribution in [3.05, 3.63) is 54.6 Å². The fourth-order valence-corrected chi connectivity index (χ4v) is 3.08. The second-order valence-electron chi connectivity index (χ2n) is 5.36. The van der Waals surface area contributed by atoms with Crippen LogP contribution in [0.3, 0.4) is 0 Å². The summed E-state index contributed by atoms with van der Waals surface area (Å²) >= 11 is 12.4. The van der Waals surface area contributed by atoms with Gasteiger partial charge in [0, 0.05) is 25.2 Å². The number of pyridine rings is 1. The van der Waals surface area contributed by atoms with Crippen molar-refractivity contribution in [3.63, 3.8) is 0 Å². The number of aromatic nitrogens is 3. The van der Waals surface area contributed by atoms with Gasteiger partial charge in [-0.15, -0.1) is 0 Å². The smallest absolute Gasteiger partial charge is 0.332 e. The summed E-state index contributed by atoms with van der Waals surface area (Å²) in [5.74, 6) is -0.107. The standard InChI is InChI=1S/C16H11Cl2N5O2/c1-22-14-11(15(24)23(2)16(22)25)10(8(6-19)13(20)21-14)7-4-3-5-9(17)12(7)18/h3-5H,1-2H3,(H2,20,21). The van der Waals surface area contributed by atoms with Gasteiger partial charge in [0.25, 0.3) is 5.56 Å². The molecule has 2 heterocycles. The zero-order chi connectivity index (χ0) is 18.5. The Balaban J connectivity index is 2.72. The molecule has 0 aliphatic carbocycles. The molecule has 0 radical (unpaired) electrons. The van der Waals surface area contributed by atoms with Crippen LogP contribution in [0.25, 0.3) is 22.2 Å². The van der Waals surface area contributed by atoms with E-state index in [1.165, 1.54) is 18.7 Å². The maximum Gasteiger partial charge on any atom is 0.332 e. The van der Waals surface area contributed by atoms with Crippen LogP contribution in [0.4, 0.5) is 5.82 Å². The van der Waals surface area contributed by atoms with Crippen molar-refractivity contribution in [1.82, 2.24) is 14.1 Å². The fourth-order valence-electron chi connectivity index (χ4n) is 2.69. The molecule has 0 bridgehead atoms. The van der Waals surface area contributed by atoms with E-state index in [4.69, 9.17) is 28.9 Å². The van der Waals surface area contributed by atoms with Gasteiger partial charge in [0.05, 0.1) is 15.4 Å². The first kappa shape index (κ1) is 17.0. The molecule has 0 amide bonds. The second kappa shape index (κ2) is 5.92. The average molecular weight is 376 g/mol. The minimum absolute atomic E-state index is 0.00702. The summed E-state index contributed by atoms with van der Waals surface area (Å²) in [5.41, 5.74) is 5.36. The van der Waals surface area contributed by atoms with E-state index in [0.717, 1.165) is 4.57 Å². The Kier molecular flexibility index (Phi) is 4.03. The van der Waals surface area contributed by atoms with Crippen molar-refractivity contribution < 1.29 is 0 Å². The Morgan fingerprint density at radius 3 is 2.52 bits per heavy atom. The number of fused-ring (bicyclic) bond motifs is 1. The number of aryl methyl sites for hydroxylation is 1. The summed E-state index contributed by atoms with van der Waals surface area (Å²) < 4.78 is 2.12. The third-order valence-corrected chi connectivity index (χ3v) is 4.77. The monoisotopic (exact) mass is 375 g/mol. The highest BCUT2D eigenvalue weighted by Gasteiger charge is 2.23. The van der Waals surface area contributed by atoms with Gasteiger partial charge < -0.3 is 5.73 Å². The predicted molar refractivity (Wildman–Crippen MR) is 96.8 cm³/mol. The van der Waals surface area contributed by atoms with Crippen molar-refractivity contribution in [2.24, 2.45) is 14.1 Å². The number of halogens is 2. The number of rotatable bonds is 1. The van der Waals surface area contributed by atoms with Gasteiger partial charge >= 0.3 is 5.69 Å². The van der Waals surface area contributed by atoms with Gasteiger partial charge in [-0.3, -0.25) is 13.9 Å². The average Bonchev–Trinajstić information content (AvgIpc) is 2.59. The first-order valence-electron chi connectivity index (χ1n) is 7.03. The SMILES string of the molecule is Cn1c(=O)c2c(-c3cccc(Cl)c3Cl)c(C#N)c(N)nc2n(C)c1=O. The van der Waals surface area contributed by atoms with Crippen LogP contribution in [0.2, 0.25) is 10.0 Å². The van der Waals surface area contributed by atoms with E-state index in [2.05, 4.69) is 4.98 Å². The van der Waals surface area contributed by atoms with Crippen LogP contribution in [-0.4, -0.2) is 14.1 Å². The number of nitrogens with zero attached hydrogens (tertiary/aromatic N) is 4. The molecule has 0 saturated heterocycles. The summed E-state index contributed by atoms with van der Waals surface area (Å²) in [5, 5.41) is 10.0. The summed E-state index contributed by atoms with van der Waals surface area (Å²) in [4.78, 5) is 29.0. The van der Waals surface area contributed by atoms with Crippen LogP contribution < -0.4 is 17.0 Å². The topological polar surface area (TPSA) is 107 Å². The van der Waals surface area contributed by atoms with Gasteiger partial charge in [-0.05, 0) is 6.07 Å². The molecular weight excluding hydrogens is 365 g/mol. The van der Waals surface area contributed by atoms with E-state index in [1.54, 1.807) is 18.2 Å². The highest BCUT2D eigenvalue weighted by atomic mass is 35.5. The molecule has 7 nitrogen and oxygen atoms in total. The third-order valence-electron chi connectivity index (χ3n) is 3.95. The number of nitrogen functional groups attached to an aromatic ring is 1. The molecule has 0 saturated carbocycles. The van der Waals surface area contributed by atoms with Crippen LogP contribution in [0.1, 0.15) is 5.56 Å². The molecule has 2 aromatic heterocycles. The number of benzene rings is 1. The zero-order valence-electron chi connectivity index (χ0n) is 13.2.